The van der Waals surface area contributed by atoms with Crippen LogP contribution < -0.4 is 0 Å². The fraction of sp³-hybridized carbons (Fsp3) is 0.250. The van der Waals surface area contributed by atoms with Crippen LogP contribution in [0.2, 0.25) is 0 Å². The minimum Gasteiger partial charge on any atom is -0.334 e. The summed E-state index contributed by atoms with van der Waals surface area (Å²) in [4.78, 5) is 20.8. The monoisotopic (exact) mass is 477 g/mol. The number of para-hydroxylation sites is 1. The number of fused-ring (bicyclic) bond motifs is 2. The van der Waals surface area contributed by atoms with Crippen molar-refractivity contribution in [2.24, 2.45) is 14.1 Å². The van der Waals surface area contributed by atoms with E-state index in [1.807, 2.05) is 58.6 Å². The molecule has 3 aromatic heterocycles. The Kier molecular flexibility index (Phi) is 5.17. The van der Waals surface area contributed by atoms with Crippen LogP contribution in [-0.2, 0) is 27.1 Å². The predicted octanol–water partition coefficient (Wildman–Crippen LogP) is 4.25. The molecule has 0 atom stereocenters. The summed E-state index contributed by atoms with van der Waals surface area (Å²) >= 11 is 0. The normalized spacial score (nSPS) is 13.3. The van der Waals surface area contributed by atoms with Crippen LogP contribution in [0.4, 0.5) is 0 Å². The van der Waals surface area contributed by atoms with E-state index in [1.54, 1.807) is 6.33 Å². The molecule has 36 heavy (non-hydrogen) atoms. The second kappa shape index (κ2) is 8.41. The second-order valence-electron chi connectivity index (χ2n) is 9.51. The van der Waals surface area contributed by atoms with Crippen molar-refractivity contribution < 1.29 is 4.79 Å². The summed E-state index contributed by atoms with van der Waals surface area (Å²) in [6.45, 7) is 5.29. The molecule has 0 aliphatic carbocycles. The minimum atomic E-state index is -0.00268. The summed E-state index contributed by atoms with van der Waals surface area (Å²) in [6.07, 6.45) is 2.40. The molecule has 0 unspecified atom stereocenters. The van der Waals surface area contributed by atoms with Crippen molar-refractivity contribution in [2.45, 2.75) is 26.8 Å². The highest BCUT2D eigenvalue weighted by atomic mass is 16.2. The van der Waals surface area contributed by atoms with Gasteiger partial charge in [-0.25, -0.2) is 4.98 Å². The topological polar surface area (TPSA) is 81.7 Å². The van der Waals surface area contributed by atoms with Crippen LogP contribution in [0.25, 0.3) is 33.7 Å². The highest BCUT2D eigenvalue weighted by molar-refractivity contribution is 6.07. The average Bonchev–Trinajstić information content (AvgIpc) is 3.46. The molecule has 0 fully saturated rings. The van der Waals surface area contributed by atoms with Crippen LogP contribution in [0.3, 0.4) is 0 Å². The van der Waals surface area contributed by atoms with Gasteiger partial charge in [0, 0.05) is 49.3 Å². The third kappa shape index (κ3) is 3.57. The van der Waals surface area contributed by atoms with Crippen LogP contribution in [0.5, 0.6) is 0 Å². The number of carbonyl (C=O) groups excluding carboxylic acids is 1. The zero-order valence-corrected chi connectivity index (χ0v) is 20.9. The van der Waals surface area contributed by atoms with Gasteiger partial charge in [-0.05, 0) is 43.2 Å². The van der Waals surface area contributed by atoms with Gasteiger partial charge in [-0.2, -0.15) is 5.10 Å². The lowest BCUT2D eigenvalue weighted by Gasteiger charge is -2.28. The number of hydrogen-bond acceptors (Lipinski definition) is 5. The Bertz CT molecular complexity index is 1650. The Hall–Kier alpha value is -4.33. The molecule has 0 saturated heterocycles. The molecular weight excluding hydrogens is 450 g/mol. The molecule has 4 heterocycles. The smallest absolute Gasteiger partial charge is 0.254 e. The number of hydrogen-bond donors (Lipinski definition) is 0. The summed E-state index contributed by atoms with van der Waals surface area (Å²) in [5.41, 5.74) is 8.67. The zero-order chi connectivity index (χ0) is 25.0. The number of amides is 1. The molecule has 0 bridgehead atoms. The number of aryl methyl sites for hydroxylation is 4. The van der Waals surface area contributed by atoms with E-state index in [4.69, 9.17) is 10.1 Å². The van der Waals surface area contributed by atoms with Crippen molar-refractivity contribution in [3.63, 3.8) is 0 Å². The molecule has 1 amide bonds. The van der Waals surface area contributed by atoms with E-state index in [0.29, 0.717) is 24.5 Å². The number of pyridine rings is 1. The average molecular weight is 478 g/mol. The maximum atomic E-state index is 14.0. The first-order chi connectivity index (χ1) is 17.4. The van der Waals surface area contributed by atoms with Gasteiger partial charge < -0.3 is 9.47 Å². The molecule has 0 saturated carbocycles. The van der Waals surface area contributed by atoms with Gasteiger partial charge in [0.1, 0.15) is 12.0 Å². The van der Waals surface area contributed by atoms with Gasteiger partial charge in [-0.1, -0.05) is 30.3 Å². The molecular formula is C28H27N7O. The van der Waals surface area contributed by atoms with E-state index in [9.17, 15) is 4.79 Å². The quantitative estimate of drug-likeness (QED) is 0.388. The van der Waals surface area contributed by atoms with E-state index >= 15 is 0 Å². The first kappa shape index (κ1) is 22.2. The number of carbonyl (C=O) groups is 1. The molecule has 8 nitrogen and oxygen atoms in total. The Morgan fingerprint density at radius 1 is 1.00 bits per heavy atom. The maximum Gasteiger partial charge on any atom is 0.254 e. The second-order valence-corrected chi connectivity index (χ2v) is 9.51. The molecule has 6 rings (SSSR count). The highest BCUT2D eigenvalue weighted by Crippen LogP contribution is 2.31. The van der Waals surface area contributed by atoms with Crippen molar-refractivity contribution in [3.8, 4) is 22.8 Å². The minimum absolute atomic E-state index is 0.00268. The molecule has 1 aliphatic rings. The van der Waals surface area contributed by atoms with Crippen molar-refractivity contribution in [1.29, 1.82) is 0 Å². The lowest BCUT2D eigenvalue weighted by molar-refractivity contribution is 0.0735. The van der Waals surface area contributed by atoms with Gasteiger partial charge in [0.25, 0.3) is 5.91 Å². The molecule has 180 valence electrons. The molecule has 5 aromatic rings. The van der Waals surface area contributed by atoms with Crippen molar-refractivity contribution >= 4 is 16.8 Å². The van der Waals surface area contributed by atoms with Gasteiger partial charge in [-0.3, -0.25) is 9.48 Å². The maximum absolute atomic E-state index is 14.0. The third-order valence-corrected chi connectivity index (χ3v) is 7.20. The Labute approximate surface area is 209 Å². The van der Waals surface area contributed by atoms with Crippen LogP contribution >= 0.6 is 0 Å². The highest BCUT2D eigenvalue weighted by Gasteiger charge is 2.30. The van der Waals surface area contributed by atoms with E-state index in [-0.39, 0.29) is 5.91 Å². The largest absolute Gasteiger partial charge is 0.334 e. The van der Waals surface area contributed by atoms with Crippen LogP contribution in [0.1, 0.15) is 32.7 Å². The van der Waals surface area contributed by atoms with Gasteiger partial charge >= 0.3 is 0 Å². The SMILES string of the molecule is Cc1ccc(-c2cc(C(=O)N3CCc4c(c(-c5nncn5C)nn4C)C3)c3ccccc3n2)cc1C. The first-order valence-electron chi connectivity index (χ1n) is 12.1. The predicted molar refractivity (Wildman–Crippen MR) is 138 cm³/mol. The number of rotatable bonds is 3. The lowest BCUT2D eigenvalue weighted by atomic mass is 9.99. The van der Waals surface area contributed by atoms with E-state index < -0.39 is 0 Å². The molecule has 2 aromatic carbocycles. The van der Waals surface area contributed by atoms with Gasteiger partial charge in [0.05, 0.1) is 23.3 Å². The zero-order valence-electron chi connectivity index (χ0n) is 20.9. The summed E-state index contributed by atoms with van der Waals surface area (Å²) in [7, 11) is 3.85. The Balaban J connectivity index is 1.42. The van der Waals surface area contributed by atoms with Gasteiger partial charge in [0.15, 0.2) is 5.82 Å². The number of aromatic nitrogens is 6. The summed E-state index contributed by atoms with van der Waals surface area (Å²) in [5, 5.41) is 13.9. The van der Waals surface area contributed by atoms with E-state index in [0.717, 1.165) is 45.5 Å². The fourth-order valence-corrected chi connectivity index (χ4v) is 5.01. The molecule has 8 heteroatoms. The lowest BCUT2D eigenvalue weighted by Crippen LogP contribution is -2.36. The fourth-order valence-electron chi connectivity index (χ4n) is 5.01. The summed E-state index contributed by atoms with van der Waals surface area (Å²) in [5.74, 6) is 0.699. The third-order valence-electron chi connectivity index (χ3n) is 7.20. The summed E-state index contributed by atoms with van der Waals surface area (Å²) in [6, 6.07) is 16.1. The van der Waals surface area contributed by atoms with Crippen LogP contribution in [-0.4, -0.2) is 46.9 Å². The molecule has 0 radical (unpaired) electrons. The first-order valence-corrected chi connectivity index (χ1v) is 12.1. The van der Waals surface area contributed by atoms with Crippen molar-refractivity contribution in [1.82, 2.24) is 34.4 Å². The molecule has 0 N–H and O–H groups in total. The number of nitrogens with zero attached hydrogens (tertiary/aromatic N) is 7. The van der Waals surface area contributed by atoms with E-state index in [1.165, 1.54) is 11.1 Å². The van der Waals surface area contributed by atoms with Crippen molar-refractivity contribution in [2.75, 3.05) is 6.54 Å². The number of benzene rings is 2. The summed E-state index contributed by atoms with van der Waals surface area (Å²) < 4.78 is 3.76. The van der Waals surface area contributed by atoms with E-state index in [2.05, 4.69) is 42.2 Å². The standard InChI is InChI=1S/C28H27N7O/c1-17-9-10-19(13-18(17)2)24-14-21(20-7-5-6-8-23(20)30-24)28(36)35-12-11-25-22(15-35)26(32-34(25)4)27-31-29-16-33(27)3/h5-10,13-14,16H,11-12,15H2,1-4H3. The van der Waals surface area contributed by atoms with Crippen LogP contribution in [0.15, 0.2) is 54.9 Å². The van der Waals surface area contributed by atoms with Gasteiger partial charge in [-0.15, -0.1) is 10.2 Å². The molecule has 0 spiro atoms. The van der Waals surface area contributed by atoms with Crippen LogP contribution in [0, 0.1) is 13.8 Å². The molecule has 1 aliphatic heterocycles. The van der Waals surface area contributed by atoms with Gasteiger partial charge in [0.2, 0.25) is 0 Å². The van der Waals surface area contributed by atoms with Crippen molar-refractivity contribution in [3.05, 3.63) is 82.8 Å². The Morgan fingerprint density at radius 3 is 2.61 bits per heavy atom. The Morgan fingerprint density at radius 2 is 1.83 bits per heavy atom.